The molecule has 0 saturated heterocycles. The van der Waals surface area contributed by atoms with E-state index in [1.807, 2.05) is 24.6 Å². The normalized spacial score (nSPS) is 10.8. The minimum absolute atomic E-state index is 0.151. The maximum Gasteiger partial charge on any atom is 0.303 e. The number of carboxylic acid groups (broad SMARTS) is 1. The minimum Gasteiger partial charge on any atom is -0.481 e. The Balaban J connectivity index is 2.21. The van der Waals surface area contributed by atoms with Crippen LogP contribution in [-0.2, 0) is 17.8 Å². The van der Waals surface area contributed by atoms with Gasteiger partial charge in [-0.3, -0.25) is 9.48 Å². The fraction of sp³-hybridized carbons (Fsp3) is 0.375. The van der Waals surface area contributed by atoms with Crippen LogP contribution in [0.2, 0.25) is 0 Å². The molecule has 0 fully saturated rings. The molecule has 0 saturated carbocycles. The predicted octanol–water partition coefficient (Wildman–Crippen LogP) is 2.87. The van der Waals surface area contributed by atoms with Gasteiger partial charge in [-0.2, -0.15) is 5.10 Å². The summed E-state index contributed by atoms with van der Waals surface area (Å²) in [4.78, 5) is 10.7. The number of carboxylic acids is 1. The van der Waals surface area contributed by atoms with Crippen LogP contribution in [0.1, 0.15) is 34.5 Å². The lowest BCUT2D eigenvalue weighted by atomic mass is 10.1. The number of rotatable bonds is 5. The van der Waals surface area contributed by atoms with Crippen LogP contribution in [-0.4, -0.2) is 20.9 Å². The van der Waals surface area contributed by atoms with Crippen molar-refractivity contribution in [1.29, 1.82) is 0 Å². The van der Waals surface area contributed by atoms with Crippen molar-refractivity contribution in [3.63, 3.8) is 0 Å². The van der Waals surface area contributed by atoms with Crippen LogP contribution in [0.25, 0.3) is 0 Å². The first-order chi connectivity index (χ1) is 9.47. The Hall–Kier alpha value is -2.10. The van der Waals surface area contributed by atoms with Crippen molar-refractivity contribution in [2.24, 2.45) is 0 Å². The van der Waals surface area contributed by atoms with E-state index in [1.165, 1.54) is 11.1 Å². The van der Waals surface area contributed by atoms with Crippen LogP contribution in [0.4, 0.5) is 0 Å². The van der Waals surface area contributed by atoms with Gasteiger partial charge in [0, 0.05) is 12.1 Å². The molecule has 0 atom stereocenters. The molecule has 106 valence electrons. The third-order valence-electron chi connectivity index (χ3n) is 3.54. The molecule has 4 nitrogen and oxygen atoms in total. The van der Waals surface area contributed by atoms with E-state index >= 15 is 0 Å². The number of aromatic nitrogens is 2. The van der Waals surface area contributed by atoms with E-state index in [0.717, 1.165) is 23.5 Å². The maximum atomic E-state index is 10.7. The molecule has 0 aliphatic heterocycles. The fourth-order valence-corrected chi connectivity index (χ4v) is 2.47. The molecule has 0 spiro atoms. The minimum atomic E-state index is -0.768. The van der Waals surface area contributed by atoms with Gasteiger partial charge in [-0.1, -0.05) is 29.8 Å². The van der Waals surface area contributed by atoms with E-state index in [9.17, 15) is 4.79 Å². The second kappa shape index (κ2) is 5.90. The standard InChI is InChI=1S/C16H20N2O2/c1-11-5-4-6-14(9-11)10-18-13(3)15(12(2)17-18)7-8-16(19)20/h4-6,9H,7-8,10H2,1-3H3,(H,19,20). The van der Waals surface area contributed by atoms with Crippen LogP contribution in [0.5, 0.6) is 0 Å². The van der Waals surface area contributed by atoms with Gasteiger partial charge in [0.05, 0.1) is 12.2 Å². The van der Waals surface area contributed by atoms with Crippen molar-refractivity contribution in [1.82, 2.24) is 9.78 Å². The van der Waals surface area contributed by atoms with Gasteiger partial charge in [0.25, 0.3) is 0 Å². The summed E-state index contributed by atoms with van der Waals surface area (Å²) in [6, 6.07) is 8.35. The lowest BCUT2D eigenvalue weighted by Crippen LogP contribution is -2.05. The monoisotopic (exact) mass is 272 g/mol. The predicted molar refractivity (Wildman–Crippen MR) is 77.9 cm³/mol. The van der Waals surface area contributed by atoms with Crippen molar-refractivity contribution < 1.29 is 9.90 Å². The van der Waals surface area contributed by atoms with E-state index in [0.29, 0.717) is 6.42 Å². The van der Waals surface area contributed by atoms with Gasteiger partial charge < -0.3 is 5.11 Å². The van der Waals surface area contributed by atoms with E-state index in [-0.39, 0.29) is 6.42 Å². The largest absolute Gasteiger partial charge is 0.481 e. The first-order valence-electron chi connectivity index (χ1n) is 6.77. The van der Waals surface area contributed by atoms with Gasteiger partial charge in [0.1, 0.15) is 0 Å². The zero-order valence-corrected chi connectivity index (χ0v) is 12.2. The second-order valence-electron chi connectivity index (χ2n) is 5.19. The quantitative estimate of drug-likeness (QED) is 0.910. The number of aliphatic carboxylic acids is 1. The van der Waals surface area contributed by atoms with E-state index in [2.05, 4.69) is 30.2 Å². The zero-order valence-electron chi connectivity index (χ0n) is 12.2. The molecule has 0 aliphatic rings. The number of aryl methyl sites for hydroxylation is 2. The molecule has 2 aromatic rings. The number of nitrogens with zero attached hydrogens (tertiary/aromatic N) is 2. The summed E-state index contributed by atoms with van der Waals surface area (Å²) in [5, 5.41) is 13.3. The third-order valence-corrected chi connectivity index (χ3v) is 3.54. The fourth-order valence-electron chi connectivity index (χ4n) is 2.47. The molecule has 1 heterocycles. The first kappa shape index (κ1) is 14.3. The Labute approximate surface area is 119 Å². The van der Waals surface area contributed by atoms with Crippen LogP contribution >= 0.6 is 0 Å². The smallest absolute Gasteiger partial charge is 0.303 e. The van der Waals surface area contributed by atoms with Gasteiger partial charge in [-0.15, -0.1) is 0 Å². The Morgan fingerprint density at radius 2 is 2.05 bits per heavy atom. The summed E-state index contributed by atoms with van der Waals surface area (Å²) in [6.45, 7) is 6.74. The molecule has 0 bridgehead atoms. The van der Waals surface area contributed by atoms with E-state index in [4.69, 9.17) is 5.11 Å². The number of hydrogen-bond donors (Lipinski definition) is 1. The van der Waals surface area contributed by atoms with Crippen molar-refractivity contribution in [3.05, 3.63) is 52.3 Å². The number of hydrogen-bond acceptors (Lipinski definition) is 2. The second-order valence-corrected chi connectivity index (χ2v) is 5.19. The van der Waals surface area contributed by atoms with Gasteiger partial charge in [-0.25, -0.2) is 0 Å². The zero-order chi connectivity index (χ0) is 14.7. The molecular weight excluding hydrogens is 252 g/mol. The Kier molecular flexibility index (Phi) is 4.23. The van der Waals surface area contributed by atoms with E-state index in [1.54, 1.807) is 0 Å². The SMILES string of the molecule is Cc1cccc(Cn2nc(C)c(CCC(=O)O)c2C)c1. The average molecular weight is 272 g/mol. The summed E-state index contributed by atoms with van der Waals surface area (Å²) >= 11 is 0. The van der Waals surface area contributed by atoms with Crippen LogP contribution < -0.4 is 0 Å². The summed E-state index contributed by atoms with van der Waals surface area (Å²) in [5.74, 6) is -0.768. The summed E-state index contributed by atoms with van der Waals surface area (Å²) < 4.78 is 1.96. The van der Waals surface area contributed by atoms with Gasteiger partial charge >= 0.3 is 5.97 Å². The number of carbonyl (C=O) groups is 1. The van der Waals surface area contributed by atoms with Gasteiger partial charge in [0.15, 0.2) is 0 Å². The van der Waals surface area contributed by atoms with E-state index < -0.39 is 5.97 Å². The highest BCUT2D eigenvalue weighted by Gasteiger charge is 2.12. The molecule has 20 heavy (non-hydrogen) atoms. The maximum absolute atomic E-state index is 10.7. The molecule has 1 aromatic heterocycles. The summed E-state index contributed by atoms with van der Waals surface area (Å²) in [7, 11) is 0. The lowest BCUT2D eigenvalue weighted by Gasteiger charge is -2.06. The lowest BCUT2D eigenvalue weighted by molar-refractivity contribution is -0.136. The topological polar surface area (TPSA) is 55.1 Å². The Morgan fingerprint density at radius 3 is 2.70 bits per heavy atom. The van der Waals surface area contributed by atoms with Gasteiger partial charge in [-0.05, 0) is 38.3 Å². The van der Waals surface area contributed by atoms with Crippen molar-refractivity contribution in [2.45, 2.75) is 40.2 Å². The molecule has 4 heteroatoms. The molecule has 0 aliphatic carbocycles. The average Bonchev–Trinajstić information content (AvgIpc) is 2.62. The van der Waals surface area contributed by atoms with Crippen LogP contribution in [0.3, 0.4) is 0 Å². The molecule has 0 unspecified atom stereocenters. The van der Waals surface area contributed by atoms with Crippen LogP contribution in [0, 0.1) is 20.8 Å². The highest BCUT2D eigenvalue weighted by atomic mass is 16.4. The van der Waals surface area contributed by atoms with Gasteiger partial charge in [0.2, 0.25) is 0 Å². The molecular formula is C16H20N2O2. The summed E-state index contributed by atoms with van der Waals surface area (Å²) in [6.07, 6.45) is 0.693. The highest BCUT2D eigenvalue weighted by molar-refractivity contribution is 5.67. The van der Waals surface area contributed by atoms with Crippen molar-refractivity contribution in [2.75, 3.05) is 0 Å². The Morgan fingerprint density at radius 1 is 1.30 bits per heavy atom. The molecule has 0 radical (unpaired) electrons. The first-order valence-corrected chi connectivity index (χ1v) is 6.77. The van der Waals surface area contributed by atoms with Crippen LogP contribution in [0.15, 0.2) is 24.3 Å². The molecule has 2 rings (SSSR count). The van der Waals surface area contributed by atoms with Crippen molar-refractivity contribution >= 4 is 5.97 Å². The molecule has 0 amide bonds. The summed E-state index contributed by atoms with van der Waals surface area (Å²) in [5.41, 5.74) is 5.48. The Bertz CT molecular complexity index is 629. The third kappa shape index (κ3) is 3.26. The molecule has 1 N–H and O–H groups in total. The molecule has 1 aromatic carbocycles. The van der Waals surface area contributed by atoms with Crippen molar-refractivity contribution in [3.8, 4) is 0 Å². The number of benzene rings is 1. The highest BCUT2D eigenvalue weighted by Crippen LogP contribution is 2.17.